The minimum absolute atomic E-state index is 0.0941. The van der Waals surface area contributed by atoms with Crippen molar-refractivity contribution in [3.8, 4) is 0 Å². The topological polar surface area (TPSA) is 12.0 Å². The van der Waals surface area contributed by atoms with Crippen LogP contribution in [0.25, 0.3) is 0 Å². The third-order valence-electron chi connectivity index (χ3n) is 3.58. The lowest BCUT2D eigenvalue weighted by atomic mass is 9.97. The van der Waals surface area contributed by atoms with Gasteiger partial charge in [0.25, 0.3) is 0 Å². The number of hydrogen-bond donors (Lipinski definition) is 1. The van der Waals surface area contributed by atoms with E-state index in [1.54, 1.807) is 12.1 Å². The Morgan fingerprint density at radius 1 is 1.15 bits per heavy atom. The number of likely N-dealkylation sites (N-methyl/N-ethyl adjacent to an activating group) is 1. The second kappa shape index (κ2) is 6.87. The molecule has 1 atom stereocenters. The molecule has 2 aromatic carbocycles. The fraction of sp³-hybridized carbons (Fsp3) is 0.294. The van der Waals surface area contributed by atoms with Gasteiger partial charge in [-0.2, -0.15) is 0 Å². The summed E-state index contributed by atoms with van der Waals surface area (Å²) in [6, 6.07) is 13.4. The monoisotopic (exact) mass is 291 g/mol. The molecule has 3 heteroatoms. The fourth-order valence-electron chi connectivity index (χ4n) is 2.28. The molecule has 106 valence electrons. The van der Waals surface area contributed by atoms with E-state index < -0.39 is 0 Å². The van der Waals surface area contributed by atoms with Gasteiger partial charge in [0.1, 0.15) is 5.82 Å². The van der Waals surface area contributed by atoms with E-state index >= 15 is 0 Å². The molecule has 1 nitrogen and oxygen atoms in total. The molecule has 2 aromatic rings. The summed E-state index contributed by atoms with van der Waals surface area (Å²) in [5.41, 5.74) is 3.15. The van der Waals surface area contributed by atoms with Gasteiger partial charge in [-0.15, -0.1) is 0 Å². The summed E-state index contributed by atoms with van der Waals surface area (Å²) in [5.74, 6) is -0.247. The SMILES string of the molecule is CCc1ccc(C(Cc2ccc(Cl)cc2F)NC)cc1. The molecule has 0 aliphatic rings. The maximum atomic E-state index is 13.9. The number of halogens is 2. The van der Waals surface area contributed by atoms with Crippen LogP contribution in [0.4, 0.5) is 4.39 Å². The molecule has 1 unspecified atom stereocenters. The minimum Gasteiger partial charge on any atom is -0.313 e. The molecule has 1 N–H and O–H groups in total. The van der Waals surface area contributed by atoms with Crippen molar-refractivity contribution in [3.05, 3.63) is 70.0 Å². The van der Waals surface area contributed by atoms with Gasteiger partial charge in [0.05, 0.1) is 0 Å². The van der Waals surface area contributed by atoms with E-state index in [0.717, 1.165) is 6.42 Å². The Labute approximate surface area is 124 Å². The summed E-state index contributed by atoms with van der Waals surface area (Å²) in [4.78, 5) is 0. The van der Waals surface area contributed by atoms with Crippen LogP contribution >= 0.6 is 11.6 Å². The van der Waals surface area contributed by atoms with E-state index in [1.807, 2.05) is 7.05 Å². The quantitative estimate of drug-likeness (QED) is 0.852. The number of nitrogens with one attached hydrogen (secondary N) is 1. The second-order valence-electron chi connectivity index (χ2n) is 4.88. The predicted octanol–water partition coefficient (Wildman–Crippen LogP) is 4.54. The van der Waals surface area contributed by atoms with Gasteiger partial charge in [-0.05, 0) is 48.7 Å². The highest BCUT2D eigenvalue weighted by molar-refractivity contribution is 6.30. The van der Waals surface area contributed by atoms with Crippen LogP contribution in [-0.2, 0) is 12.8 Å². The molecule has 0 fully saturated rings. The van der Waals surface area contributed by atoms with Gasteiger partial charge >= 0.3 is 0 Å². The van der Waals surface area contributed by atoms with Gasteiger partial charge in [0, 0.05) is 11.1 Å². The van der Waals surface area contributed by atoms with Crippen LogP contribution in [0.2, 0.25) is 5.02 Å². The molecule has 0 aromatic heterocycles. The number of aryl methyl sites for hydroxylation is 1. The normalized spacial score (nSPS) is 12.4. The van der Waals surface area contributed by atoms with E-state index in [9.17, 15) is 4.39 Å². The minimum atomic E-state index is -0.247. The van der Waals surface area contributed by atoms with Crippen LogP contribution in [0.3, 0.4) is 0 Å². The van der Waals surface area contributed by atoms with Crippen molar-refractivity contribution in [3.63, 3.8) is 0 Å². The molecule has 0 aliphatic heterocycles. The summed E-state index contributed by atoms with van der Waals surface area (Å²) in [6.07, 6.45) is 1.63. The molecule has 2 rings (SSSR count). The summed E-state index contributed by atoms with van der Waals surface area (Å²) >= 11 is 5.78. The largest absolute Gasteiger partial charge is 0.313 e. The van der Waals surface area contributed by atoms with Gasteiger partial charge in [-0.25, -0.2) is 4.39 Å². The maximum Gasteiger partial charge on any atom is 0.127 e. The average molecular weight is 292 g/mol. The molecule has 0 bridgehead atoms. The van der Waals surface area contributed by atoms with Gasteiger partial charge in [0.15, 0.2) is 0 Å². The zero-order chi connectivity index (χ0) is 14.5. The van der Waals surface area contributed by atoms with Crippen LogP contribution in [0.1, 0.15) is 29.7 Å². The van der Waals surface area contributed by atoms with Crippen LogP contribution in [0.5, 0.6) is 0 Å². The highest BCUT2D eigenvalue weighted by Crippen LogP contribution is 2.22. The lowest BCUT2D eigenvalue weighted by molar-refractivity contribution is 0.554. The number of benzene rings is 2. The first-order chi connectivity index (χ1) is 9.63. The first kappa shape index (κ1) is 15.0. The molecule has 0 heterocycles. The van der Waals surface area contributed by atoms with Gasteiger partial charge < -0.3 is 5.32 Å². The third kappa shape index (κ3) is 3.59. The first-order valence-electron chi connectivity index (χ1n) is 6.84. The van der Waals surface area contributed by atoms with Crippen LogP contribution in [-0.4, -0.2) is 7.05 Å². The third-order valence-corrected chi connectivity index (χ3v) is 3.81. The smallest absolute Gasteiger partial charge is 0.127 e. The van der Waals surface area contributed by atoms with Gasteiger partial charge in [-0.1, -0.05) is 48.9 Å². The van der Waals surface area contributed by atoms with Crippen LogP contribution in [0, 0.1) is 5.82 Å². The van der Waals surface area contributed by atoms with E-state index in [0.29, 0.717) is 17.0 Å². The van der Waals surface area contributed by atoms with E-state index in [-0.39, 0.29) is 11.9 Å². The highest BCUT2D eigenvalue weighted by Gasteiger charge is 2.13. The van der Waals surface area contributed by atoms with Crippen molar-refractivity contribution in [1.29, 1.82) is 0 Å². The molecule has 0 aliphatic carbocycles. The summed E-state index contributed by atoms with van der Waals surface area (Å²) in [5, 5.41) is 3.68. The van der Waals surface area contributed by atoms with Crippen molar-refractivity contribution < 1.29 is 4.39 Å². The van der Waals surface area contributed by atoms with Crippen LogP contribution in [0.15, 0.2) is 42.5 Å². The first-order valence-corrected chi connectivity index (χ1v) is 7.22. The average Bonchev–Trinajstić information content (AvgIpc) is 2.47. The Balaban J connectivity index is 2.19. The second-order valence-corrected chi connectivity index (χ2v) is 5.31. The van der Waals surface area contributed by atoms with Gasteiger partial charge in [-0.3, -0.25) is 0 Å². The Bertz CT molecular complexity index is 566. The number of rotatable bonds is 5. The Morgan fingerprint density at radius 3 is 2.40 bits per heavy atom. The Morgan fingerprint density at radius 2 is 1.85 bits per heavy atom. The molecular formula is C17H19ClFN. The fourth-order valence-corrected chi connectivity index (χ4v) is 2.44. The highest BCUT2D eigenvalue weighted by atomic mass is 35.5. The molecule has 20 heavy (non-hydrogen) atoms. The van der Waals surface area contributed by atoms with Crippen molar-refractivity contribution in [2.45, 2.75) is 25.8 Å². The summed E-state index contributed by atoms with van der Waals surface area (Å²) in [7, 11) is 1.90. The van der Waals surface area contributed by atoms with Gasteiger partial charge in [0.2, 0.25) is 0 Å². The summed E-state index contributed by atoms with van der Waals surface area (Å²) in [6.45, 7) is 2.13. The predicted molar refractivity (Wildman–Crippen MR) is 82.7 cm³/mol. The van der Waals surface area contributed by atoms with Crippen molar-refractivity contribution in [2.24, 2.45) is 0 Å². The number of hydrogen-bond acceptors (Lipinski definition) is 1. The van der Waals surface area contributed by atoms with Crippen molar-refractivity contribution in [1.82, 2.24) is 5.32 Å². The molecule has 0 saturated heterocycles. The van der Waals surface area contributed by atoms with Crippen molar-refractivity contribution >= 4 is 11.6 Å². The van der Waals surface area contributed by atoms with E-state index in [1.165, 1.54) is 17.2 Å². The lowest BCUT2D eigenvalue weighted by Gasteiger charge is -2.17. The summed E-state index contributed by atoms with van der Waals surface area (Å²) < 4.78 is 13.9. The molecule has 0 saturated carbocycles. The lowest BCUT2D eigenvalue weighted by Crippen LogP contribution is -2.19. The standard InChI is InChI=1S/C17H19ClFN/c1-3-12-4-6-13(7-5-12)17(20-2)10-14-8-9-15(18)11-16(14)19/h4-9,11,17,20H,3,10H2,1-2H3. The molecule has 0 spiro atoms. The van der Waals surface area contributed by atoms with Crippen LogP contribution < -0.4 is 5.32 Å². The van der Waals surface area contributed by atoms with E-state index in [2.05, 4.69) is 36.5 Å². The molecule has 0 radical (unpaired) electrons. The zero-order valence-corrected chi connectivity index (χ0v) is 12.5. The Hall–Kier alpha value is -1.38. The van der Waals surface area contributed by atoms with E-state index in [4.69, 9.17) is 11.6 Å². The zero-order valence-electron chi connectivity index (χ0n) is 11.8. The molecule has 0 amide bonds. The molecular weight excluding hydrogens is 273 g/mol. The maximum absolute atomic E-state index is 13.9. The Kier molecular flexibility index (Phi) is 5.16. The van der Waals surface area contributed by atoms with Crippen molar-refractivity contribution in [2.75, 3.05) is 7.05 Å².